The van der Waals surface area contributed by atoms with Crippen LogP contribution in [-0.4, -0.2) is 35.9 Å². The summed E-state index contributed by atoms with van der Waals surface area (Å²) in [6.07, 6.45) is -1.20. The largest absolute Gasteiger partial charge is 0.491 e. The molecule has 0 radical (unpaired) electrons. The van der Waals surface area contributed by atoms with Crippen molar-refractivity contribution in [3.05, 3.63) is 40.6 Å². The van der Waals surface area contributed by atoms with E-state index in [4.69, 9.17) is 4.74 Å². The molecule has 8 nitrogen and oxygen atoms in total. The summed E-state index contributed by atoms with van der Waals surface area (Å²) >= 11 is 0. The molecule has 174 valence electrons. The minimum atomic E-state index is -4.73. The van der Waals surface area contributed by atoms with Crippen LogP contribution in [0.5, 0.6) is 5.75 Å². The number of halogens is 3. The van der Waals surface area contributed by atoms with E-state index >= 15 is 0 Å². The first kappa shape index (κ1) is 23.6. The molecule has 0 aliphatic rings. The van der Waals surface area contributed by atoms with Crippen LogP contribution in [0.4, 0.5) is 18.9 Å². The number of benzene rings is 1. The molecule has 1 N–H and O–H groups in total. The number of anilines is 1. The number of pyridine rings is 1. The number of imidazole rings is 1. The number of nitrogens with zero attached hydrogens (tertiary/aromatic N) is 3. The van der Waals surface area contributed by atoms with Gasteiger partial charge in [-0.15, -0.1) is 0 Å². The van der Waals surface area contributed by atoms with Gasteiger partial charge >= 0.3 is 6.18 Å². The lowest BCUT2D eigenvalue weighted by atomic mass is 10.1. The van der Waals surface area contributed by atoms with E-state index in [0.29, 0.717) is 24.0 Å². The Morgan fingerprint density at radius 2 is 1.88 bits per heavy atom. The van der Waals surface area contributed by atoms with Crippen LogP contribution in [0.3, 0.4) is 0 Å². The number of methoxy groups -OCH3 is 1. The zero-order chi connectivity index (χ0) is 23.8. The van der Waals surface area contributed by atoms with Crippen molar-refractivity contribution in [2.75, 3.05) is 18.1 Å². The predicted octanol–water partition coefficient (Wildman–Crippen LogP) is 3.60. The smallest absolute Gasteiger partial charge is 0.449 e. The van der Waals surface area contributed by atoms with E-state index in [0.717, 1.165) is 10.8 Å². The van der Waals surface area contributed by atoms with Crippen molar-refractivity contribution in [3.8, 4) is 16.9 Å². The first-order valence-electron chi connectivity index (χ1n) is 9.70. The topological polar surface area (TPSA) is 95.2 Å². The van der Waals surface area contributed by atoms with Gasteiger partial charge in [-0.2, -0.15) is 13.2 Å². The van der Waals surface area contributed by atoms with Gasteiger partial charge in [-0.05, 0) is 30.2 Å². The molecular weight excluding hydrogens is 449 g/mol. The number of fused-ring (bicyclic) bond motifs is 1. The zero-order valence-corrected chi connectivity index (χ0v) is 18.8. The predicted molar refractivity (Wildman–Crippen MR) is 115 cm³/mol. The second kappa shape index (κ2) is 8.49. The van der Waals surface area contributed by atoms with Gasteiger partial charge in [0.25, 0.3) is 5.56 Å². The summed E-state index contributed by atoms with van der Waals surface area (Å²) in [5, 5.41) is 0. The average Bonchev–Trinajstić information content (AvgIpc) is 3.06. The van der Waals surface area contributed by atoms with E-state index in [-0.39, 0.29) is 34.6 Å². The fourth-order valence-corrected chi connectivity index (χ4v) is 3.97. The molecule has 0 unspecified atom stereocenters. The molecule has 3 rings (SSSR count). The standard InChI is InChI=1S/C20H23F3N4O4S/c1-5-6-7-27-15-9-12(13-10-16(31-3)18(28)26(2)11-13)8-14(25-32(4,29)30)17(15)24-19(27)20(21,22)23/h8-11,25H,5-7H2,1-4H3. The molecule has 1 aromatic carbocycles. The number of hydrogen-bond acceptors (Lipinski definition) is 5. The van der Waals surface area contributed by atoms with Crippen LogP contribution in [-0.2, 0) is 29.8 Å². The van der Waals surface area contributed by atoms with Crippen molar-refractivity contribution in [1.29, 1.82) is 0 Å². The second-order valence-corrected chi connectivity index (χ2v) is 9.17. The molecule has 0 saturated heterocycles. The highest BCUT2D eigenvalue weighted by atomic mass is 32.2. The van der Waals surface area contributed by atoms with Crippen LogP contribution in [0.1, 0.15) is 25.6 Å². The average molecular weight is 472 g/mol. The molecule has 0 aliphatic carbocycles. The molecule has 2 heterocycles. The molecule has 0 amide bonds. The maximum Gasteiger partial charge on any atom is 0.449 e. The van der Waals surface area contributed by atoms with Crippen LogP contribution >= 0.6 is 0 Å². The third-order valence-electron chi connectivity index (χ3n) is 4.84. The van der Waals surface area contributed by atoms with Crippen molar-refractivity contribution in [3.63, 3.8) is 0 Å². The second-order valence-electron chi connectivity index (χ2n) is 7.42. The van der Waals surface area contributed by atoms with Crippen molar-refractivity contribution in [1.82, 2.24) is 14.1 Å². The van der Waals surface area contributed by atoms with E-state index in [1.165, 1.54) is 43.1 Å². The van der Waals surface area contributed by atoms with Gasteiger partial charge in [0.1, 0.15) is 5.52 Å². The van der Waals surface area contributed by atoms with Gasteiger partial charge in [0.2, 0.25) is 15.8 Å². The molecule has 0 spiro atoms. The molecule has 0 aliphatic heterocycles. The maximum absolute atomic E-state index is 13.7. The van der Waals surface area contributed by atoms with Crippen molar-refractivity contribution in [2.24, 2.45) is 7.05 Å². The van der Waals surface area contributed by atoms with E-state index in [1.807, 2.05) is 6.92 Å². The van der Waals surface area contributed by atoms with E-state index in [2.05, 4.69) is 9.71 Å². The number of ether oxygens (including phenoxy) is 1. The lowest BCUT2D eigenvalue weighted by Gasteiger charge is -2.13. The Balaban J connectivity index is 2.39. The highest BCUT2D eigenvalue weighted by Crippen LogP contribution is 2.37. The van der Waals surface area contributed by atoms with Crippen LogP contribution in [0.15, 0.2) is 29.2 Å². The monoisotopic (exact) mass is 472 g/mol. The fourth-order valence-electron chi connectivity index (χ4n) is 3.41. The number of alkyl halides is 3. The Bertz CT molecular complexity index is 1330. The van der Waals surface area contributed by atoms with E-state index in [1.54, 1.807) is 0 Å². The maximum atomic E-state index is 13.7. The normalized spacial score (nSPS) is 12.3. The number of sulfonamides is 1. The molecule has 0 fully saturated rings. The van der Waals surface area contributed by atoms with Crippen LogP contribution in [0.2, 0.25) is 0 Å². The summed E-state index contributed by atoms with van der Waals surface area (Å²) in [5.74, 6) is -1.06. The molecule has 32 heavy (non-hydrogen) atoms. The lowest BCUT2D eigenvalue weighted by molar-refractivity contribution is -0.146. The summed E-state index contributed by atoms with van der Waals surface area (Å²) in [6, 6.07) is 4.34. The highest BCUT2D eigenvalue weighted by molar-refractivity contribution is 7.92. The third-order valence-corrected chi connectivity index (χ3v) is 5.43. The SMILES string of the molecule is CCCCn1c(C(F)(F)F)nc2c(NS(C)(=O)=O)cc(-c3cc(OC)c(=O)n(C)c3)cc21. The van der Waals surface area contributed by atoms with Gasteiger partial charge in [0.05, 0.1) is 24.6 Å². The minimum absolute atomic E-state index is 0.0400. The lowest BCUT2D eigenvalue weighted by Crippen LogP contribution is -2.17. The van der Waals surface area contributed by atoms with Crippen molar-refractivity contribution in [2.45, 2.75) is 32.5 Å². The van der Waals surface area contributed by atoms with Gasteiger partial charge in [-0.1, -0.05) is 13.3 Å². The Morgan fingerprint density at radius 1 is 1.19 bits per heavy atom. The first-order chi connectivity index (χ1) is 14.9. The summed E-state index contributed by atoms with van der Waals surface area (Å²) in [4.78, 5) is 15.9. The Morgan fingerprint density at radius 3 is 2.44 bits per heavy atom. The number of aromatic nitrogens is 3. The van der Waals surface area contributed by atoms with Gasteiger partial charge in [0, 0.05) is 25.4 Å². The minimum Gasteiger partial charge on any atom is -0.491 e. The Labute approximate surface area is 182 Å². The summed E-state index contributed by atoms with van der Waals surface area (Å²) in [5.41, 5.74) is 0.387. The molecule has 0 atom stereocenters. The van der Waals surface area contributed by atoms with Gasteiger partial charge in [-0.25, -0.2) is 13.4 Å². The zero-order valence-electron chi connectivity index (χ0n) is 17.9. The Hall–Kier alpha value is -3.02. The van der Waals surface area contributed by atoms with Crippen molar-refractivity contribution < 1.29 is 26.3 Å². The highest BCUT2D eigenvalue weighted by Gasteiger charge is 2.38. The van der Waals surface area contributed by atoms with Gasteiger partial charge in [0.15, 0.2) is 5.75 Å². The fraction of sp³-hybridized carbons (Fsp3) is 0.400. The number of hydrogen-bond donors (Lipinski definition) is 1. The van der Waals surface area contributed by atoms with Crippen LogP contribution < -0.4 is 15.0 Å². The summed E-state index contributed by atoms with van der Waals surface area (Å²) in [7, 11) is -0.973. The van der Waals surface area contributed by atoms with Crippen LogP contribution in [0, 0.1) is 0 Å². The molecule has 0 saturated carbocycles. The van der Waals surface area contributed by atoms with E-state index in [9.17, 15) is 26.4 Å². The number of aryl methyl sites for hydroxylation is 2. The summed E-state index contributed by atoms with van der Waals surface area (Å²) in [6.45, 7) is 1.91. The number of unbranched alkanes of at least 4 members (excludes halogenated alkanes) is 1. The van der Waals surface area contributed by atoms with Gasteiger partial charge in [-0.3, -0.25) is 9.52 Å². The van der Waals surface area contributed by atoms with Crippen LogP contribution in [0.25, 0.3) is 22.2 Å². The summed E-state index contributed by atoms with van der Waals surface area (Å²) < 4.78 is 74.7. The third kappa shape index (κ3) is 4.74. The molecular formula is C20H23F3N4O4S. The van der Waals surface area contributed by atoms with Gasteiger partial charge < -0.3 is 13.9 Å². The molecule has 12 heteroatoms. The van der Waals surface area contributed by atoms with E-state index < -0.39 is 22.0 Å². The Kier molecular flexibility index (Phi) is 6.27. The quantitative estimate of drug-likeness (QED) is 0.567. The number of nitrogens with one attached hydrogen (secondary N) is 1. The number of rotatable bonds is 7. The molecule has 0 bridgehead atoms. The molecule has 2 aromatic heterocycles. The van der Waals surface area contributed by atoms with Crippen molar-refractivity contribution >= 4 is 26.7 Å². The molecule has 3 aromatic rings. The first-order valence-corrected chi connectivity index (χ1v) is 11.6.